The van der Waals surface area contributed by atoms with Crippen molar-refractivity contribution in [3.8, 4) is 0 Å². The maximum atomic E-state index is 5.80. The van der Waals surface area contributed by atoms with Crippen LogP contribution in [0.5, 0.6) is 0 Å². The van der Waals surface area contributed by atoms with E-state index in [-0.39, 0.29) is 0 Å². The summed E-state index contributed by atoms with van der Waals surface area (Å²) < 4.78 is 5.37. The molecule has 3 rings (SSSR count). The lowest BCUT2D eigenvalue weighted by Gasteiger charge is -2.23. The molecule has 19 heavy (non-hydrogen) atoms. The van der Waals surface area contributed by atoms with Gasteiger partial charge in [0.15, 0.2) is 0 Å². The number of nitrogen functional groups attached to an aromatic ring is 1. The molecule has 1 aliphatic rings. The number of hydrogen-bond acceptors (Lipinski definition) is 6. The first-order valence-corrected chi connectivity index (χ1v) is 7.48. The molecule has 3 heterocycles. The van der Waals surface area contributed by atoms with Crippen LogP contribution < -0.4 is 11.1 Å². The van der Waals surface area contributed by atoms with Gasteiger partial charge in [0.25, 0.3) is 0 Å². The van der Waals surface area contributed by atoms with E-state index in [1.54, 1.807) is 11.3 Å². The van der Waals surface area contributed by atoms with Gasteiger partial charge in [-0.15, -0.1) is 11.3 Å². The van der Waals surface area contributed by atoms with Gasteiger partial charge in [0.1, 0.15) is 10.6 Å². The van der Waals surface area contributed by atoms with Crippen LogP contribution in [0.2, 0.25) is 0 Å². The highest BCUT2D eigenvalue weighted by Gasteiger charge is 2.17. The summed E-state index contributed by atoms with van der Waals surface area (Å²) in [6, 6.07) is 2.58. The monoisotopic (exact) mass is 278 g/mol. The molecule has 0 radical (unpaired) electrons. The summed E-state index contributed by atoms with van der Waals surface area (Å²) in [4.78, 5) is 11.0. The molecule has 0 saturated carbocycles. The normalized spacial score (nSPS) is 16.9. The molecular weight excluding hydrogens is 260 g/mol. The first kappa shape index (κ1) is 12.6. The first-order chi connectivity index (χ1) is 9.26. The van der Waals surface area contributed by atoms with Crippen LogP contribution in [0.15, 0.2) is 6.07 Å². The van der Waals surface area contributed by atoms with Crippen molar-refractivity contribution in [3.63, 3.8) is 0 Å². The Morgan fingerprint density at radius 2 is 2.21 bits per heavy atom. The zero-order chi connectivity index (χ0) is 13.2. The minimum atomic E-state index is 0.339. The largest absolute Gasteiger partial charge is 0.381 e. The van der Waals surface area contributed by atoms with Gasteiger partial charge in [-0.05, 0) is 25.3 Å². The third-order valence-corrected chi connectivity index (χ3v) is 4.54. The Labute approximate surface area is 116 Å². The Kier molecular flexibility index (Phi) is 3.52. The fraction of sp³-hybridized carbons (Fsp3) is 0.538. The number of aryl methyl sites for hydroxylation is 1. The molecule has 6 heteroatoms. The second kappa shape index (κ2) is 5.30. The van der Waals surface area contributed by atoms with E-state index >= 15 is 0 Å². The van der Waals surface area contributed by atoms with Crippen molar-refractivity contribution in [1.82, 2.24) is 9.97 Å². The van der Waals surface area contributed by atoms with Gasteiger partial charge in [0, 0.05) is 24.1 Å². The molecule has 2 aromatic rings. The van der Waals surface area contributed by atoms with E-state index in [1.807, 2.05) is 0 Å². The molecule has 0 bridgehead atoms. The summed E-state index contributed by atoms with van der Waals surface area (Å²) in [6.45, 7) is 3.77. The van der Waals surface area contributed by atoms with Gasteiger partial charge in [0.2, 0.25) is 5.95 Å². The first-order valence-electron chi connectivity index (χ1n) is 6.66. The predicted molar refractivity (Wildman–Crippen MR) is 78.7 cm³/mol. The van der Waals surface area contributed by atoms with Crippen LogP contribution in [0, 0.1) is 0 Å². The zero-order valence-corrected chi connectivity index (χ0v) is 11.8. The Morgan fingerprint density at radius 3 is 2.95 bits per heavy atom. The van der Waals surface area contributed by atoms with E-state index in [4.69, 9.17) is 10.5 Å². The van der Waals surface area contributed by atoms with Crippen molar-refractivity contribution in [3.05, 3.63) is 10.9 Å². The number of nitrogens with two attached hydrogens (primary N) is 1. The predicted octanol–water partition coefficient (Wildman–Crippen LogP) is 2.43. The maximum absolute atomic E-state index is 5.80. The van der Waals surface area contributed by atoms with Crippen LogP contribution in [0.25, 0.3) is 10.2 Å². The molecule has 5 nitrogen and oxygen atoms in total. The third kappa shape index (κ3) is 2.64. The van der Waals surface area contributed by atoms with E-state index in [9.17, 15) is 0 Å². The van der Waals surface area contributed by atoms with Crippen LogP contribution in [0.4, 0.5) is 11.8 Å². The summed E-state index contributed by atoms with van der Waals surface area (Å²) in [5, 5.41) is 4.58. The van der Waals surface area contributed by atoms with Crippen LogP contribution in [0.3, 0.4) is 0 Å². The number of fused-ring (bicyclic) bond motifs is 1. The standard InChI is InChI=1S/C13H18N4OS/c1-2-9-7-10-11(15-8-3-5-18-6-4-8)16-13(14)17-12(10)19-9/h7-8H,2-6H2,1H3,(H3,14,15,16,17). The van der Waals surface area contributed by atoms with Crippen molar-refractivity contribution in [2.45, 2.75) is 32.2 Å². The van der Waals surface area contributed by atoms with E-state index in [1.165, 1.54) is 4.88 Å². The van der Waals surface area contributed by atoms with Gasteiger partial charge in [-0.1, -0.05) is 6.92 Å². The number of hydrogen-bond donors (Lipinski definition) is 2. The average Bonchev–Trinajstić information content (AvgIpc) is 2.83. The average molecular weight is 278 g/mol. The summed E-state index contributed by atoms with van der Waals surface area (Å²) in [6.07, 6.45) is 3.03. The minimum Gasteiger partial charge on any atom is -0.381 e. The Hall–Kier alpha value is -1.40. The molecule has 2 aromatic heterocycles. The minimum absolute atomic E-state index is 0.339. The van der Waals surface area contributed by atoms with Gasteiger partial charge in [0.05, 0.1) is 5.39 Å². The summed E-state index contributed by atoms with van der Waals surface area (Å²) in [5.74, 6) is 1.21. The Balaban J connectivity index is 1.94. The van der Waals surface area contributed by atoms with Crippen LogP contribution in [0.1, 0.15) is 24.6 Å². The summed E-state index contributed by atoms with van der Waals surface area (Å²) in [7, 11) is 0. The molecule has 102 valence electrons. The number of thiophene rings is 1. The van der Waals surface area contributed by atoms with Gasteiger partial charge in [-0.3, -0.25) is 0 Å². The fourth-order valence-corrected chi connectivity index (χ4v) is 3.28. The number of rotatable bonds is 3. The Bertz CT molecular complexity index is 577. The second-order valence-corrected chi connectivity index (χ2v) is 5.86. The number of aromatic nitrogens is 2. The lowest BCUT2D eigenvalue weighted by molar-refractivity contribution is 0.0904. The maximum Gasteiger partial charge on any atom is 0.223 e. The number of nitrogens with one attached hydrogen (secondary N) is 1. The van der Waals surface area contributed by atoms with Crippen LogP contribution in [-0.4, -0.2) is 29.2 Å². The van der Waals surface area contributed by atoms with E-state index in [0.29, 0.717) is 12.0 Å². The lowest BCUT2D eigenvalue weighted by atomic mass is 10.1. The number of anilines is 2. The van der Waals surface area contributed by atoms with E-state index in [0.717, 1.165) is 48.5 Å². The highest BCUT2D eigenvalue weighted by atomic mass is 32.1. The van der Waals surface area contributed by atoms with Gasteiger partial charge in [-0.2, -0.15) is 4.98 Å². The van der Waals surface area contributed by atoms with Crippen LogP contribution >= 0.6 is 11.3 Å². The molecule has 0 atom stereocenters. The molecule has 1 fully saturated rings. The SMILES string of the molecule is CCc1cc2c(NC3CCOCC3)nc(N)nc2s1. The molecule has 0 spiro atoms. The van der Waals surface area contributed by atoms with Gasteiger partial charge >= 0.3 is 0 Å². The molecule has 1 saturated heterocycles. The topological polar surface area (TPSA) is 73.1 Å². The van der Waals surface area contributed by atoms with Crippen LogP contribution in [-0.2, 0) is 11.2 Å². The molecular formula is C13H18N4OS. The quantitative estimate of drug-likeness (QED) is 0.902. The van der Waals surface area contributed by atoms with Crippen molar-refractivity contribution in [2.75, 3.05) is 24.3 Å². The highest BCUT2D eigenvalue weighted by Crippen LogP contribution is 2.30. The lowest BCUT2D eigenvalue weighted by Crippen LogP contribution is -2.28. The van der Waals surface area contributed by atoms with Crippen molar-refractivity contribution in [2.24, 2.45) is 0 Å². The molecule has 0 aliphatic carbocycles. The van der Waals surface area contributed by atoms with Crippen molar-refractivity contribution in [1.29, 1.82) is 0 Å². The van der Waals surface area contributed by atoms with E-state index in [2.05, 4.69) is 28.3 Å². The van der Waals surface area contributed by atoms with Crippen molar-refractivity contribution < 1.29 is 4.74 Å². The second-order valence-electron chi connectivity index (χ2n) is 4.75. The molecule has 0 aromatic carbocycles. The van der Waals surface area contributed by atoms with Gasteiger partial charge in [-0.25, -0.2) is 4.98 Å². The Morgan fingerprint density at radius 1 is 1.42 bits per heavy atom. The molecule has 1 aliphatic heterocycles. The van der Waals surface area contributed by atoms with Gasteiger partial charge < -0.3 is 15.8 Å². The molecule has 0 unspecified atom stereocenters. The highest BCUT2D eigenvalue weighted by molar-refractivity contribution is 7.18. The summed E-state index contributed by atoms with van der Waals surface area (Å²) >= 11 is 1.69. The molecule has 0 amide bonds. The molecule has 3 N–H and O–H groups in total. The third-order valence-electron chi connectivity index (χ3n) is 3.37. The number of ether oxygens (including phenoxy) is 1. The number of nitrogens with zero attached hydrogens (tertiary/aromatic N) is 2. The summed E-state index contributed by atoms with van der Waals surface area (Å²) in [5.41, 5.74) is 5.80. The van der Waals surface area contributed by atoms with E-state index < -0.39 is 0 Å². The smallest absolute Gasteiger partial charge is 0.223 e. The fourth-order valence-electron chi connectivity index (χ4n) is 2.31. The van der Waals surface area contributed by atoms with Crippen molar-refractivity contribution >= 4 is 33.3 Å². The zero-order valence-electron chi connectivity index (χ0n) is 11.0.